The fourth-order valence-electron chi connectivity index (χ4n) is 2.98. The maximum Gasteiger partial charge on any atom is 0.225 e. The van der Waals surface area contributed by atoms with Crippen LogP contribution in [0.15, 0.2) is 0 Å². The molecule has 0 aromatic carbocycles. The predicted octanol–water partition coefficient (Wildman–Crippen LogP) is 0.942. The second-order valence-corrected chi connectivity index (χ2v) is 5.15. The van der Waals surface area contributed by atoms with Crippen LogP contribution in [0.5, 0.6) is 0 Å². The standard InChI is InChI=1S/C13H24N2O3.ClH/c1-17-10(9-14)8-13(16)15-6-7-18-12-5-3-2-4-11(12)15;/h10-12H,2-9,14H2,1H3;1H. The molecule has 2 N–H and O–H groups in total. The van der Waals surface area contributed by atoms with Gasteiger partial charge in [-0.1, -0.05) is 12.8 Å². The lowest BCUT2D eigenvalue weighted by Gasteiger charge is -2.44. The summed E-state index contributed by atoms with van der Waals surface area (Å²) in [5, 5.41) is 0. The summed E-state index contributed by atoms with van der Waals surface area (Å²) in [6, 6.07) is 0.273. The summed E-state index contributed by atoms with van der Waals surface area (Å²) in [5.74, 6) is 0.160. The van der Waals surface area contributed by atoms with Gasteiger partial charge in [-0.2, -0.15) is 0 Å². The highest BCUT2D eigenvalue weighted by molar-refractivity contribution is 5.85. The largest absolute Gasteiger partial charge is 0.380 e. The molecule has 1 saturated heterocycles. The molecule has 3 unspecified atom stereocenters. The van der Waals surface area contributed by atoms with Crippen LogP contribution < -0.4 is 5.73 Å². The normalized spacial score (nSPS) is 28.2. The van der Waals surface area contributed by atoms with Crippen molar-refractivity contribution in [3.63, 3.8) is 0 Å². The van der Waals surface area contributed by atoms with Crippen molar-refractivity contribution in [2.24, 2.45) is 5.73 Å². The smallest absolute Gasteiger partial charge is 0.225 e. The Kier molecular flexibility index (Phi) is 7.07. The molecule has 0 bridgehead atoms. The van der Waals surface area contributed by atoms with Gasteiger partial charge in [0.1, 0.15) is 0 Å². The highest BCUT2D eigenvalue weighted by Gasteiger charge is 2.36. The van der Waals surface area contributed by atoms with Crippen LogP contribution in [0.25, 0.3) is 0 Å². The van der Waals surface area contributed by atoms with Crippen LogP contribution in [0.1, 0.15) is 32.1 Å². The lowest BCUT2D eigenvalue weighted by molar-refractivity contribution is -0.151. The molecule has 1 aliphatic heterocycles. The Morgan fingerprint density at radius 3 is 2.89 bits per heavy atom. The van der Waals surface area contributed by atoms with Gasteiger partial charge in [0, 0.05) is 20.2 Å². The number of carbonyl (C=O) groups is 1. The van der Waals surface area contributed by atoms with E-state index < -0.39 is 0 Å². The van der Waals surface area contributed by atoms with E-state index in [0.29, 0.717) is 26.1 Å². The van der Waals surface area contributed by atoms with Crippen molar-refractivity contribution >= 4 is 18.3 Å². The molecule has 2 aliphatic rings. The summed E-state index contributed by atoms with van der Waals surface area (Å²) in [6.07, 6.45) is 5.02. The highest BCUT2D eigenvalue weighted by Crippen LogP contribution is 2.28. The SMILES string of the molecule is COC(CN)CC(=O)N1CCOC2CCCCC21.Cl. The quantitative estimate of drug-likeness (QED) is 0.838. The van der Waals surface area contributed by atoms with E-state index in [1.165, 1.54) is 12.8 Å². The van der Waals surface area contributed by atoms with E-state index in [4.69, 9.17) is 15.2 Å². The van der Waals surface area contributed by atoms with Crippen LogP contribution in [-0.2, 0) is 14.3 Å². The Morgan fingerprint density at radius 1 is 1.47 bits per heavy atom. The molecule has 0 radical (unpaired) electrons. The number of nitrogens with two attached hydrogens (primary N) is 1. The first kappa shape index (κ1) is 16.7. The number of ether oxygens (including phenoxy) is 2. The third-order valence-corrected chi connectivity index (χ3v) is 4.05. The summed E-state index contributed by atoms with van der Waals surface area (Å²) in [4.78, 5) is 14.3. The number of morpholine rings is 1. The Morgan fingerprint density at radius 2 is 2.21 bits per heavy atom. The van der Waals surface area contributed by atoms with Crippen molar-refractivity contribution in [1.82, 2.24) is 4.90 Å². The third-order valence-electron chi connectivity index (χ3n) is 4.05. The van der Waals surface area contributed by atoms with E-state index in [1.807, 2.05) is 4.90 Å². The van der Waals surface area contributed by atoms with Crippen LogP contribution in [0, 0.1) is 0 Å². The molecular formula is C13H25ClN2O3. The molecule has 2 fully saturated rings. The van der Waals surface area contributed by atoms with Gasteiger partial charge in [0.2, 0.25) is 5.91 Å². The van der Waals surface area contributed by atoms with Gasteiger partial charge in [0.05, 0.1) is 31.3 Å². The van der Waals surface area contributed by atoms with Crippen molar-refractivity contribution in [1.29, 1.82) is 0 Å². The summed E-state index contributed by atoms with van der Waals surface area (Å²) < 4.78 is 11.0. The Bertz CT molecular complexity index is 285. The molecule has 19 heavy (non-hydrogen) atoms. The minimum Gasteiger partial charge on any atom is -0.380 e. The topological polar surface area (TPSA) is 64.8 Å². The minimum absolute atomic E-state index is 0. The molecule has 1 saturated carbocycles. The maximum atomic E-state index is 12.3. The van der Waals surface area contributed by atoms with Crippen molar-refractivity contribution < 1.29 is 14.3 Å². The van der Waals surface area contributed by atoms with E-state index in [1.54, 1.807) is 7.11 Å². The third kappa shape index (κ3) is 4.05. The van der Waals surface area contributed by atoms with E-state index >= 15 is 0 Å². The molecule has 112 valence electrons. The van der Waals surface area contributed by atoms with Gasteiger partial charge < -0.3 is 20.1 Å². The van der Waals surface area contributed by atoms with Gasteiger partial charge >= 0.3 is 0 Å². The minimum atomic E-state index is -0.164. The van der Waals surface area contributed by atoms with Crippen LogP contribution >= 0.6 is 12.4 Å². The molecule has 0 aromatic rings. The number of rotatable bonds is 4. The monoisotopic (exact) mass is 292 g/mol. The molecule has 1 heterocycles. The second kappa shape index (κ2) is 8.04. The molecule has 1 amide bonds. The number of nitrogens with zero attached hydrogens (tertiary/aromatic N) is 1. The average Bonchev–Trinajstić information content (AvgIpc) is 2.43. The number of amides is 1. The van der Waals surface area contributed by atoms with Gasteiger partial charge in [0.15, 0.2) is 0 Å². The molecule has 1 aliphatic carbocycles. The van der Waals surface area contributed by atoms with Gasteiger partial charge in [-0.3, -0.25) is 4.79 Å². The van der Waals surface area contributed by atoms with Crippen molar-refractivity contribution in [2.75, 3.05) is 26.8 Å². The van der Waals surface area contributed by atoms with E-state index in [9.17, 15) is 4.79 Å². The molecule has 6 heteroatoms. The lowest BCUT2D eigenvalue weighted by Crippen LogP contribution is -2.55. The summed E-state index contributed by atoms with van der Waals surface area (Å²) in [6.45, 7) is 1.76. The fourth-order valence-corrected chi connectivity index (χ4v) is 2.98. The predicted molar refractivity (Wildman–Crippen MR) is 75.4 cm³/mol. The number of halogens is 1. The fraction of sp³-hybridized carbons (Fsp3) is 0.923. The van der Waals surface area contributed by atoms with E-state index in [-0.39, 0.29) is 36.6 Å². The Labute approximate surface area is 121 Å². The first-order chi connectivity index (χ1) is 8.76. The highest BCUT2D eigenvalue weighted by atomic mass is 35.5. The van der Waals surface area contributed by atoms with Gasteiger partial charge in [-0.15, -0.1) is 12.4 Å². The van der Waals surface area contributed by atoms with Gasteiger partial charge in [-0.05, 0) is 12.8 Å². The zero-order chi connectivity index (χ0) is 13.0. The average molecular weight is 293 g/mol. The number of carbonyl (C=O) groups excluding carboxylic acids is 1. The van der Waals surface area contributed by atoms with E-state index in [0.717, 1.165) is 12.8 Å². The van der Waals surface area contributed by atoms with Crippen molar-refractivity contribution in [3.8, 4) is 0 Å². The number of fused-ring (bicyclic) bond motifs is 1. The number of hydrogen-bond donors (Lipinski definition) is 1. The first-order valence-electron chi connectivity index (χ1n) is 6.90. The molecule has 2 rings (SSSR count). The zero-order valence-electron chi connectivity index (χ0n) is 11.5. The first-order valence-corrected chi connectivity index (χ1v) is 6.90. The molecule has 5 nitrogen and oxygen atoms in total. The van der Waals surface area contributed by atoms with Crippen LogP contribution in [0.4, 0.5) is 0 Å². The zero-order valence-corrected chi connectivity index (χ0v) is 12.4. The Balaban J connectivity index is 0.00000180. The number of hydrogen-bond acceptors (Lipinski definition) is 4. The van der Waals surface area contributed by atoms with Crippen molar-refractivity contribution in [3.05, 3.63) is 0 Å². The molecular weight excluding hydrogens is 268 g/mol. The molecule has 0 aromatic heterocycles. The van der Waals surface area contributed by atoms with Gasteiger partial charge in [0.25, 0.3) is 0 Å². The van der Waals surface area contributed by atoms with Crippen LogP contribution in [0.2, 0.25) is 0 Å². The van der Waals surface area contributed by atoms with Crippen LogP contribution in [-0.4, -0.2) is 55.9 Å². The summed E-state index contributed by atoms with van der Waals surface area (Å²) in [7, 11) is 1.60. The number of methoxy groups -OCH3 is 1. The molecule has 3 atom stereocenters. The second-order valence-electron chi connectivity index (χ2n) is 5.15. The van der Waals surface area contributed by atoms with Crippen LogP contribution in [0.3, 0.4) is 0 Å². The van der Waals surface area contributed by atoms with Crippen molar-refractivity contribution in [2.45, 2.75) is 50.4 Å². The van der Waals surface area contributed by atoms with E-state index in [2.05, 4.69) is 0 Å². The maximum absolute atomic E-state index is 12.3. The lowest BCUT2D eigenvalue weighted by atomic mass is 9.90. The summed E-state index contributed by atoms with van der Waals surface area (Å²) in [5.41, 5.74) is 5.57. The summed E-state index contributed by atoms with van der Waals surface area (Å²) >= 11 is 0. The molecule has 0 spiro atoms. The van der Waals surface area contributed by atoms with Gasteiger partial charge in [-0.25, -0.2) is 0 Å². The Hall–Kier alpha value is -0.360.